The molecule has 94 valence electrons. The van der Waals surface area contributed by atoms with E-state index in [9.17, 15) is 13.2 Å². The summed E-state index contributed by atoms with van der Waals surface area (Å²) in [7, 11) is -3.58. The van der Waals surface area contributed by atoms with Gasteiger partial charge >= 0.3 is 5.97 Å². The number of carboxylic acid groups (broad SMARTS) is 1. The molecule has 0 aliphatic rings. The molecular weight excluding hydrogens is 242 g/mol. The average molecular weight is 257 g/mol. The Morgan fingerprint density at radius 2 is 1.76 bits per heavy atom. The Bertz CT molecular complexity index is 479. The fourth-order valence-electron chi connectivity index (χ4n) is 1.31. The van der Waals surface area contributed by atoms with E-state index in [1.54, 1.807) is 12.1 Å². The minimum atomic E-state index is -3.58. The Hall–Kier alpha value is -1.40. The highest BCUT2D eigenvalue weighted by Gasteiger charge is 2.12. The molecule has 0 saturated carbocycles. The first-order valence-corrected chi connectivity index (χ1v) is 6.85. The predicted octanol–water partition coefficient (Wildman–Crippen LogP) is 0.753. The summed E-state index contributed by atoms with van der Waals surface area (Å²) in [6, 6.07) is 7.20. The summed E-state index contributed by atoms with van der Waals surface area (Å²) in [5.41, 5.74) is 1.77. The number of hydrogen-bond acceptors (Lipinski definition) is 3. The number of aryl methyl sites for hydroxylation is 1. The lowest BCUT2D eigenvalue weighted by atomic mass is 10.1. The largest absolute Gasteiger partial charge is 0.480 e. The van der Waals surface area contributed by atoms with Crippen molar-refractivity contribution >= 4 is 16.0 Å². The maximum Gasteiger partial charge on any atom is 0.318 e. The van der Waals surface area contributed by atoms with Crippen LogP contribution in [0.15, 0.2) is 24.3 Å². The maximum atomic E-state index is 11.5. The third-order valence-corrected chi connectivity index (χ3v) is 3.53. The lowest BCUT2D eigenvalue weighted by Crippen LogP contribution is -2.30. The molecule has 0 saturated heterocycles. The predicted molar refractivity (Wildman–Crippen MR) is 64.1 cm³/mol. The van der Waals surface area contributed by atoms with E-state index in [-0.39, 0.29) is 5.75 Å². The van der Waals surface area contributed by atoms with Gasteiger partial charge in [0.1, 0.15) is 6.54 Å². The number of hydrogen-bond donors (Lipinski definition) is 2. The maximum absolute atomic E-state index is 11.5. The highest BCUT2D eigenvalue weighted by molar-refractivity contribution is 7.88. The van der Waals surface area contributed by atoms with E-state index >= 15 is 0 Å². The fraction of sp³-hybridized carbons (Fsp3) is 0.364. The third kappa shape index (κ3) is 4.97. The summed E-state index contributed by atoms with van der Waals surface area (Å²) in [5.74, 6) is -1.40. The Morgan fingerprint density at radius 3 is 2.24 bits per heavy atom. The Balaban J connectivity index is 2.66. The van der Waals surface area contributed by atoms with Gasteiger partial charge in [-0.1, -0.05) is 31.2 Å². The van der Waals surface area contributed by atoms with Gasteiger partial charge in [-0.3, -0.25) is 4.79 Å². The van der Waals surface area contributed by atoms with Crippen molar-refractivity contribution in [3.8, 4) is 0 Å². The van der Waals surface area contributed by atoms with E-state index in [1.807, 2.05) is 23.8 Å². The molecule has 0 spiro atoms. The Labute approximate surface area is 101 Å². The minimum Gasteiger partial charge on any atom is -0.480 e. The van der Waals surface area contributed by atoms with Crippen LogP contribution in [-0.4, -0.2) is 26.0 Å². The van der Waals surface area contributed by atoms with E-state index in [0.29, 0.717) is 5.56 Å². The van der Waals surface area contributed by atoms with Crippen molar-refractivity contribution in [3.05, 3.63) is 35.4 Å². The van der Waals surface area contributed by atoms with Crippen molar-refractivity contribution < 1.29 is 18.3 Å². The summed E-state index contributed by atoms with van der Waals surface area (Å²) < 4.78 is 25.0. The number of rotatable bonds is 6. The van der Waals surface area contributed by atoms with Gasteiger partial charge in [-0.05, 0) is 17.5 Å². The summed E-state index contributed by atoms with van der Waals surface area (Å²) in [6.07, 6.45) is 0.893. The van der Waals surface area contributed by atoms with Crippen LogP contribution in [0.3, 0.4) is 0 Å². The summed E-state index contributed by atoms with van der Waals surface area (Å²) in [5, 5.41) is 8.38. The molecule has 0 unspecified atom stereocenters. The van der Waals surface area contributed by atoms with Crippen LogP contribution in [0.5, 0.6) is 0 Å². The zero-order valence-corrected chi connectivity index (χ0v) is 10.3. The molecule has 0 heterocycles. The Morgan fingerprint density at radius 1 is 1.24 bits per heavy atom. The Kier molecular flexibility index (Phi) is 4.65. The zero-order valence-electron chi connectivity index (χ0n) is 9.51. The quantitative estimate of drug-likeness (QED) is 0.787. The third-order valence-electron chi connectivity index (χ3n) is 2.23. The van der Waals surface area contributed by atoms with Crippen LogP contribution in [0.2, 0.25) is 0 Å². The van der Waals surface area contributed by atoms with Crippen LogP contribution in [0.1, 0.15) is 18.1 Å². The normalized spacial score (nSPS) is 11.4. The van der Waals surface area contributed by atoms with Crippen molar-refractivity contribution in [2.75, 3.05) is 6.54 Å². The van der Waals surface area contributed by atoms with Crippen molar-refractivity contribution in [2.24, 2.45) is 0 Å². The SMILES string of the molecule is CCc1ccc(CS(=O)(=O)NCC(=O)O)cc1. The molecule has 1 aromatic rings. The first-order chi connectivity index (χ1) is 7.93. The van der Waals surface area contributed by atoms with Gasteiger partial charge in [0.25, 0.3) is 0 Å². The minimum absolute atomic E-state index is 0.204. The van der Waals surface area contributed by atoms with Crippen molar-refractivity contribution in [2.45, 2.75) is 19.1 Å². The van der Waals surface area contributed by atoms with Gasteiger partial charge in [-0.15, -0.1) is 0 Å². The molecule has 17 heavy (non-hydrogen) atoms. The second-order valence-electron chi connectivity index (χ2n) is 3.64. The van der Waals surface area contributed by atoms with Gasteiger partial charge in [0.05, 0.1) is 5.75 Å². The van der Waals surface area contributed by atoms with E-state index < -0.39 is 22.5 Å². The summed E-state index contributed by atoms with van der Waals surface area (Å²) in [4.78, 5) is 10.3. The molecular formula is C11H15NO4S. The second-order valence-corrected chi connectivity index (χ2v) is 5.45. The molecule has 1 aromatic carbocycles. The molecule has 1 rings (SSSR count). The molecule has 0 atom stereocenters. The molecule has 2 N–H and O–H groups in total. The number of aliphatic carboxylic acids is 1. The second kappa shape index (κ2) is 5.79. The van der Waals surface area contributed by atoms with Gasteiger partial charge in [0, 0.05) is 0 Å². The standard InChI is InChI=1S/C11H15NO4S/c1-2-9-3-5-10(6-4-9)8-17(15,16)12-7-11(13)14/h3-6,12H,2,7-8H2,1H3,(H,13,14). The van der Waals surface area contributed by atoms with Crippen LogP contribution < -0.4 is 4.72 Å². The van der Waals surface area contributed by atoms with Crippen LogP contribution >= 0.6 is 0 Å². The first-order valence-electron chi connectivity index (χ1n) is 5.20. The van der Waals surface area contributed by atoms with Crippen LogP contribution in [0.25, 0.3) is 0 Å². The monoisotopic (exact) mass is 257 g/mol. The van der Waals surface area contributed by atoms with E-state index in [0.717, 1.165) is 12.0 Å². The van der Waals surface area contributed by atoms with Crippen LogP contribution in [0, 0.1) is 0 Å². The summed E-state index contributed by atoms with van der Waals surface area (Å²) >= 11 is 0. The molecule has 0 amide bonds. The molecule has 0 aliphatic carbocycles. The van der Waals surface area contributed by atoms with Crippen molar-refractivity contribution in [1.82, 2.24) is 4.72 Å². The van der Waals surface area contributed by atoms with Gasteiger partial charge < -0.3 is 5.11 Å². The van der Waals surface area contributed by atoms with Crippen molar-refractivity contribution in [3.63, 3.8) is 0 Å². The molecule has 0 fully saturated rings. The van der Waals surface area contributed by atoms with Gasteiger partial charge in [0.15, 0.2) is 0 Å². The fourth-order valence-corrected chi connectivity index (χ4v) is 2.39. The highest BCUT2D eigenvalue weighted by atomic mass is 32.2. The van der Waals surface area contributed by atoms with Crippen LogP contribution in [-0.2, 0) is 27.0 Å². The number of carbonyl (C=O) groups is 1. The first kappa shape index (κ1) is 13.7. The zero-order chi connectivity index (χ0) is 12.9. The van der Waals surface area contributed by atoms with E-state index in [4.69, 9.17) is 5.11 Å². The molecule has 0 aliphatic heterocycles. The smallest absolute Gasteiger partial charge is 0.318 e. The van der Waals surface area contributed by atoms with Gasteiger partial charge in [-0.2, -0.15) is 0 Å². The average Bonchev–Trinajstić information content (AvgIpc) is 2.27. The topological polar surface area (TPSA) is 83.5 Å². The molecule has 0 radical (unpaired) electrons. The van der Waals surface area contributed by atoms with Gasteiger partial charge in [-0.25, -0.2) is 13.1 Å². The number of sulfonamides is 1. The van der Waals surface area contributed by atoms with Crippen molar-refractivity contribution in [1.29, 1.82) is 0 Å². The molecule has 0 aromatic heterocycles. The highest BCUT2D eigenvalue weighted by Crippen LogP contribution is 2.08. The molecule has 0 bridgehead atoms. The van der Waals surface area contributed by atoms with Gasteiger partial charge in [0.2, 0.25) is 10.0 Å². The number of nitrogens with one attached hydrogen (secondary N) is 1. The number of carboxylic acids is 1. The molecule has 6 heteroatoms. The number of benzene rings is 1. The summed E-state index contributed by atoms with van der Waals surface area (Å²) in [6.45, 7) is 1.43. The lowest BCUT2D eigenvalue weighted by Gasteiger charge is -2.05. The van der Waals surface area contributed by atoms with Crippen LogP contribution in [0.4, 0.5) is 0 Å². The van der Waals surface area contributed by atoms with E-state index in [1.165, 1.54) is 0 Å². The molecule has 5 nitrogen and oxygen atoms in total. The lowest BCUT2D eigenvalue weighted by molar-refractivity contribution is -0.135. The van der Waals surface area contributed by atoms with E-state index in [2.05, 4.69) is 0 Å².